The van der Waals surface area contributed by atoms with Gasteiger partial charge in [0.15, 0.2) is 5.82 Å². The average molecular weight is 715 g/mol. The molecule has 8 aromatic carbocycles. The summed E-state index contributed by atoms with van der Waals surface area (Å²) in [6.07, 6.45) is 0. The molecule has 0 bridgehead atoms. The molecule has 2 aliphatic rings. The zero-order valence-electron chi connectivity index (χ0n) is 31.4. The van der Waals surface area contributed by atoms with Crippen LogP contribution in [-0.4, -0.2) is 9.97 Å². The monoisotopic (exact) mass is 714 g/mol. The summed E-state index contributed by atoms with van der Waals surface area (Å²) >= 11 is 0. The van der Waals surface area contributed by atoms with E-state index < -0.39 is 5.41 Å². The Morgan fingerprint density at radius 1 is 0.321 bits per heavy atom. The van der Waals surface area contributed by atoms with Gasteiger partial charge in [0.2, 0.25) is 0 Å². The third kappa shape index (κ3) is 4.63. The number of hydrogen-bond acceptors (Lipinski definition) is 2. The van der Waals surface area contributed by atoms with E-state index in [1.165, 1.54) is 66.4 Å². The van der Waals surface area contributed by atoms with Crippen LogP contribution in [0.1, 0.15) is 47.2 Å². The van der Waals surface area contributed by atoms with E-state index in [-0.39, 0.29) is 5.41 Å². The molecule has 56 heavy (non-hydrogen) atoms. The second-order valence-corrected chi connectivity index (χ2v) is 15.7. The maximum atomic E-state index is 5.34. The van der Waals surface area contributed by atoms with Crippen molar-refractivity contribution in [3.63, 3.8) is 0 Å². The summed E-state index contributed by atoms with van der Waals surface area (Å²) in [5, 5.41) is 2.37. The largest absolute Gasteiger partial charge is 0.228 e. The minimum atomic E-state index is -0.432. The molecule has 1 spiro atoms. The molecule has 0 atom stereocenters. The Morgan fingerprint density at radius 2 is 0.821 bits per heavy atom. The van der Waals surface area contributed by atoms with Crippen molar-refractivity contribution in [1.29, 1.82) is 0 Å². The molecule has 0 saturated carbocycles. The third-order valence-corrected chi connectivity index (χ3v) is 12.4. The van der Waals surface area contributed by atoms with Gasteiger partial charge in [-0.1, -0.05) is 196 Å². The summed E-state index contributed by atoms with van der Waals surface area (Å²) in [5.41, 5.74) is 17.4. The molecule has 1 heterocycles. The first-order valence-corrected chi connectivity index (χ1v) is 19.5. The van der Waals surface area contributed by atoms with E-state index in [1.54, 1.807) is 0 Å². The summed E-state index contributed by atoms with van der Waals surface area (Å²) in [6.45, 7) is 4.77. The van der Waals surface area contributed by atoms with Gasteiger partial charge in [0.25, 0.3) is 0 Å². The zero-order valence-corrected chi connectivity index (χ0v) is 31.4. The number of aromatic nitrogens is 2. The molecule has 2 aliphatic carbocycles. The summed E-state index contributed by atoms with van der Waals surface area (Å²) in [4.78, 5) is 10.6. The summed E-state index contributed by atoms with van der Waals surface area (Å²) in [6, 6.07) is 70.6. The van der Waals surface area contributed by atoms with Gasteiger partial charge in [-0.25, -0.2) is 9.97 Å². The summed E-state index contributed by atoms with van der Waals surface area (Å²) < 4.78 is 0. The molecule has 11 rings (SSSR count). The van der Waals surface area contributed by atoms with Crippen LogP contribution in [0.5, 0.6) is 0 Å². The molecule has 9 aromatic rings. The number of fused-ring (bicyclic) bond motifs is 10. The Kier molecular flexibility index (Phi) is 7.15. The lowest BCUT2D eigenvalue weighted by Gasteiger charge is -2.46. The molecule has 2 heteroatoms. The first kappa shape index (κ1) is 32.5. The van der Waals surface area contributed by atoms with Gasteiger partial charge in [-0.15, -0.1) is 0 Å². The van der Waals surface area contributed by atoms with Crippen molar-refractivity contribution in [1.82, 2.24) is 9.97 Å². The summed E-state index contributed by atoms with van der Waals surface area (Å²) in [5.74, 6) is 0.715. The van der Waals surface area contributed by atoms with E-state index in [0.717, 1.165) is 28.1 Å². The molecule has 1 aromatic heterocycles. The Bertz CT molecular complexity index is 2950. The lowest BCUT2D eigenvalue weighted by atomic mass is 9.55. The second kappa shape index (κ2) is 12.3. The highest BCUT2D eigenvalue weighted by Crippen LogP contribution is 2.62. The van der Waals surface area contributed by atoms with E-state index in [4.69, 9.17) is 9.97 Å². The first-order valence-electron chi connectivity index (χ1n) is 19.5. The van der Waals surface area contributed by atoms with Gasteiger partial charge < -0.3 is 0 Å². The quantitative estimate of drug-likeness (QED) is 0.181. The van der Waals surface area contributed by atoms with Crippen molar-refractivity contribution in [2.45, 2.75) is 24.7 Å². The lowest BCUT2D eigenvalue weighted by molar-refractivity contribution is 0.563. The van der Waals surface area contributed by atoms with Gasteiger partial charge >= 0.3 is 0 Å². The van der Waals surface area contributed by atoms with Gasteiger partial charge in [0, 0.05) is 22.1 Å². The van der Waals surface area contributed by atoms with E-state index >= 15 is 0 Å². The zero-order chi connectivity index (χ0) is 37.4. The van der Waals surface area contributed by atoms with Crippen LogP contribution in [0.2, 0.25) is 0 Å². The fourth-order valence-electron chi connectivity index (χ4n) is 9.85. The van der Waals surface area contributed by atoms with Crippen molar-refractivity contribution in [2.24, 2.45) is 0 Å². The Morgan fingerprint density at radius 3 is 1.50 bits per heavy atom. The molecule has 0 aliphatic heterocycles. The molecular formula is C54H38N2. The van der Waals surface area contributed by atoms with Crippen LogP contribution in [0.15, 0.2) is 194 Å². The molecule has 264 valence electrons. The van der Waals surface area contributed by atoms with Crippen LogP contribution >= 0.6 is 0 Å². The third-order valence-electron chi connectivity index (χ3n) is 12.4. The van der Waals surface area contributed by atoms with Crippen molar-refractivity contribution >= 4 is 10.8 Å². The SMILES string of the molecule is CC1(C)c2ccccc2C2(c3ccccc3-c3ccccc32)c2ccc(-c3cc(-c4ccc(-c5ccccc5)c5ccccc45)nc(-c4ccccc4)n3)cc21. The van der Waals surface area contributed by atoms with Crippen LogP contribution in [0, 0.1) is 0 Å². The molecule has 2 nitrogen and oxygen atoms in total. The van der Waals surface area contributed by atoms with E-state index in [0.29, 0.717) is 5.82 Å². The fourth-order valence-corrected chi connectivity index (χ4v) is 9.85. The van der Waals surface area contributed by atoms with Gasteiger partial charge in [0.05, 0.1) is 16.8 Å². The van der Waals surface area contributed by atoms with Gasteiger partial charge in [0.1, 0.15) is 0 Å². The van der Waals surface area contributed by atoms with Crippen molar-refractivity contribution in [3.05, 3.63) is 228 Å². The lowest BCUT2D eigenvalue weighted by Crippen LogP contribution is -2.40. The average Bonchev–Trinajstić information content (AvgIpc) is 3.56. The normalized spacial score (nSPS) is 14.2. The summed E-state index contributed by atoms with van der Waals surface area (Å²) in [7, 11) is 0. The molecule has 0 amide bonds. The standard InChI is InChI=1S/C54H38N2/c1-53(2)46-27-15-16-28-47(46)54(44-25-13-11-23-41(44)42-24-12-14-26-45(42)54)48-32-29-37(33-49(48)53)50-34-51(56-52(55-50)36-19-7-4-8-20-36)43-31-30-38(35-17-5-3-6-18-35)39-21-9-10-22-40(39)43/h3-34H,1-2H3. The number of hydrogen-bond donors (Lipinski definition) is 0. The number of benzene rings is 8. The Balaban J connectivity index is 1.16. The molecule has 0 unspecified atom stereocenters. The molecule has 0 saturated heterocycles. The number of rotatable bonds is 4. The minimum absolute atomic E-state index is 0.263. The predicted octanol–water partition coefficient (Wildman–Crippen LogP) is 13.3. The van der Waals surface area contributed by atoms with Crippen LogP contribution < -0.4 is 0 Å². The van der Waals surface area contributed by atoms with Crippen molar-refractivity contribution in [3.8, 4) is 56.2 Å². The van der Waals surface area contributed by atoms with Crippen molar-refractivity contribution < 1.29 is 0 Å². The maximum absolute atomic E-state index is 5.34. The van der Waals surface area contributed by atoms with Crippen LogP contribution in [-0.2, 0) is 10.8 Å². The first-order chi connectivity index (χ1) is 27.5. The fraction of sp³-hybridized carbons (Fsp3) is 0.0741. The Labute approximate surface area is 327 Å². The Hall–Kier alpha value is -6.90. The topological polar surface area (TPSA) is 25.8 Å². The molecular weight excluding hydrogens is 677 g/mol. The molecule has 0 N–H and O–H groups in total. The highest BCUT2D eigenvalue weighted by molar-refractivity contribution is 6.04. The maximum Gasteiger partial charge on any atom is 0.160 e. The van der Waals surface area contributed by atoms with E-state index in [9.17, 15) is 0 Å². The second-order valence-electron chi connectivity index (χ2n) is 15.7. The van der Waals surface area contributed by atoms with Gasteiger partial charge in [-0.05, 0) is 78.5 Å². The molecule has 0 radical (unpaired) electrons. The van der Waals surface area contributed by atoms with Gasteiger partial charge in [-0.3, -0.25) is 0 Å². The smallest absolute Gasteiger partial charge is 0.160 e. The van der Waals surface area contributed by atoms with Crippen LogP contribution in [0.25, 0.3) is 66.9 Å². The van der Waals surface area contributed by atoms with Crippen LogP contribution in [0.3, 0.4) is 0 Å². The van der Waals surface area contributed by atoms with E-state index in [2.05, 4.69) is 202 Å². The van der Waals surface area contributed by atoms with Gasteiger partial charge in [-0.2, -0.15) is 0 Å². The van der Waals surface area contributed by atoms with Crippen LogP contribution in [0.4, 0.5) is 0 Å². The molecule has 0 fully saturated rings. The van der Waals surface area contributed by atoms with Crippen molar-refractivity contribution in [2.75, 3.05) is 0 Å². The van der Waals surface area contributed by atoms with E-state index in [1.807, 2.05) is 6.07 Å². The highest BCUT2D eigenvalue weighted by Gasteiger charge is 2.53. The predicted molar refractivity (Wildman–Crippen MR) is 231 cm³/mol. The minimum Gasteiger partial charge on any atom is -0.228 e. The highest BCUT2D eigenvalue weighted by atomic mass is 14.9. The number of nitrogens with zero attached hydrogens (tertiary/aromatic N) is 2.